The molecule has 0 aliphatic carbocycles. The summed E-state index contributed by atoms with van der Waals surface area (Å²) in [5.41, 5.74) is 1.28. The van der Waals surface area contributed by atoms with Crippen LogP contribution < -0.4 is 5.32 Å². The van der Waals surface area contributed by atoms with E-state index in [2.05, 4.69) is 17.1 Å². The quantitative estimate of drug-likeness (QED) is 0.629. The maximum absolute atomic E-state index is 5.27. The molecule has 12 heavy (non-hydrogen) atoms. The fourth-order valence-corrected chi connectivity index (χ4v) is 1.92. The molecule has 1 N–H and O–H groups in total. The van der Waals surface area contributed by atoms with Gasteiger partial charge in [-0.25, -0.2) is 0 Å². The fourth-order valence-electron chi connectivity index (χ4n) is 1.92. The fraction of sp³-hybridized carbons (Fsp3) is 0.778. The van der Waals surface area contributed by atoms with E-state index in [0.29, 0.717) is 6.04 Å². The molecule has 0 amide bonds. The molecule has 0 spiro atoms. The first-order valence-corrected chi connectivity index (χ1v) is 4.63. The van der Waals surface area contributed by atoms with Gasteiger partial charge in [0.05, 0.1) is 0 Å². The highest BCUT2D eigenvalue weighted by Gasteiger charge is 2.23. The normalized spacial score (nSPS) is 25.4. The third-order valence-corrected chi connectivity index (χ3v) is 2.67. The zero-order chi connectivity index (χ0) is 8.39. The highest BCUT2D eigenvalue weighted by molar-refractivity contribution is 5.00. The van der Waals surface area contributed by atoms with E-state index in [9.17, 15) is 0 Å². The van der Waals surface area contributed by atoms with Crippen molar-refractivity contribution >= 4 is 0 Å². The second kappa shape index (κ2) is 3.35. The average Bonchev–Trinajstić information content (AvgIpc) is 2.53. The number of nitrogens with one attached hydrogen (secondary N) is 1. The van der Waals surface area contributed by atoms with E-state index in [1.807, 2.05) is 6.26 Å². The summed E-state index contributed by atoms with van der Waals surface area (Å²) < 4.78 is 5.27. The molecule has 0 atom stereocenters. The van der Waals surface area contributed by atoms with E-state index in [1.54, 1.807) is 0 Å². The number of hydrogen-bond donors (Lipinski definition) is 1. The molecule has 0 unspecified atom stereocenters. The Morgan fingerprint density at radius 1 is 1.50 bits per heavy atom. The molecule has 0 aromatic heterocycles. The van der Waals surface area contributed by atoms with Crippen LogP contribution in [0.4, 0.5) is 0 Å². The minimum absolute atomic E-state index is 0.699. The smallest absolute Gasteiger partial charge is 0.160 e. The SMILES string of the molecule is CC1=COCN1C1CCNCC1. The minimum atomic E-state index is 0.699. The van der Waals surface area contributed by atoms with Gasteiger partial charge in [0.15, 0.2) is 6.73 Å². The molecule has 0 bridgehead atoms. The Kier molecular flexibility index (Phi) is 2.21. The third-order valence-electron chi connectivity index (χ3n) is 2.67. The summed E-state index contributed by atoms with van der Waals surface area (Å²) in [6.07, 6.45) is 4.35. The van der Waals surface area contributed by atoms with Crippen LogP contribution in [0.5, 0.6) is 0 Å². The predicted molar refractivity (Wildman–Crippen MR) is 47.4 cm³/mol. The molecule has 1 fully saturated rings. The number of hydrogen-bond acceptors (Lipinski definition) is 3. The van der Waals surface area contributed by atoms with Crippen molar-refractivity contribution in [3.63, 3.8) is 0 Å². The monoisotopic (exact) mass is 168 g/mol. The van der Waals surface area contributed by atoms with Gasteiger partial charge in [0.25, 0.3) is 0 Å². The molecule has 0 radical (unpaired) electrons. The molecule has 2 aliphatic rings. The topological polar surface area (TPSA) is 24.5 Å². The van der Waals surface area contributed by atoms with E-state index in [-0.39, 0.29) is 0 Å². The zero-order valence-corrected chi connectivity index (χ0v) is 7.55. The van der Waals surface area contributed by atoms with Crippen LogP contribution in [0.25, 0.3) is 0 Å². The first kappa shape index (κ1) is 7.92. The van der Waals surface area contributed by atoms with Gasteiger partial charge in [-0.1, -0.05) is 0 Å². The van der Waals surface area contributed by atoms with Crippen molar-refractivity contribution < 1.29 is 4.74 Å². The van der Waals surface area contributed by atoms with Crippen molar-refractivity contribution in [1.82, 2.24) is 10.2 Å². The van der Waals surface area contributed by atoms with Gasteiger partial charge in [0, 0.05) is 11.7 Å². The summed E-state index contributed by atoms with van der Waals surface area (Å²) in [7, 11) is 0. The lowest BCUT2D eigenvalue weighted by atomic mass is 10.1. The molecule has 2 heterocycles. The summed E-state index contributed by atoms with van der Waals surface area (Å²) >= 11 is 0. The first-order valence-electron chi connectivity index (χ1n) is 4.63. The molecule has 3 nitrogen and oxygen atoms in total. The number of ether oxygens (including phenoxy) is 1. The molecule has 3 heteroatoms. The van der Waals surface area contributed by atoms with Gasteiger partial charge in [0.2, 0.25) is 0 Å². The Morgan fingerprint density at radius 3 is 2.83 bits per heavy atom. The maximum atomic E-state index is 5.27. The van der Waals surface area contributed by atoms with Crippen molar-refractivity contribution in [3.05, 3.63) is 12.0 Å². The van der Waals surface area contributed by atoms with E-state index in [0.717, 1.165) is 19.8 Å². The van der Waals surface area contributed by atoms with Crippen LogP contribution in [0.1, 0.15) is 19.8 Å². The summed E-state index contributed by atoms with van der Waals surface area (Å²) in [5, 5.41) is 3.37. The Bertz CT molecular complexity index is 185. The summed E-state index contributed by atoms with van der Waals surface area (Å²) in [6.45, 7) is 5.18. The predicted octanol–water partition coefficient (Wildman–Crippen LogP) is 0.889. The molecule has 0 aromatic carbocycles. The van der Waals surface area contributed by atoms with Crippen molar-refractivity contribution in [1.29, 1.82) is 0 Å². The molecule has 2 aliphatic heterocycles. The van der Waals surface area contributed by atoms with Crippen molar-refractivity contribution in [2.75, 3.05) is 19.8 Å². The maximum Gasteiger partial charge on any atom is 0.160 e. The van der Waals surface area contributed by atoms with Gasteiger partial charge in [0.1, 0.15) is 6.26 Å². The van der Waals surface area contributed by atoms with Crippen LogP contribution in [0.15, 0.2) is 12.0 Å². The van der Waals surface area contributed by atoms with E-state index in [1.165, 1.54) is 18.5 Å². The largest absolute Gasteiger partial charge is 0.479 e. The average molecular weight is 168 g/mol. The summed E-state index contributed by atoms with van der Waals surface area (Å²) in [6, 6.07) is 0.699. The second-order valence-corrected chi connectivity index (χ2v) is 3.51. The Morgan fingerprint density at radius 2 is 2.25 bits per heavy atom. The van der Waals surface area contributed by atoms with Gasteiger partial charge >= 0.3 is 0 Å². The molecular formula is C9H16N2O. The Balaban J connectivity index is 1.94. The lowest BCUT2D eigenvalue weighted by molar-refractivity contribution is 0.114. The van der Waals surface area contributed by atoms with Crippen molar-refractivity contribution in [3.8, 4) is 0 Å². The Labute approximate surface area is 73.4 Å². The van der Waals surface area contributed by atoms with E-state index >= 15 is 0 Å². The van der Waals surface area contributed by atoms with Gasteiger partial charge in [-0.3, -0.25) is 0 Å². The number of piperidine rings is 1. The van der Waals surface area contributed by atoms with E-state index < -0.39 is 0 Å². The van der Waals surface area contributed by atoms with Gasteiger partial charge < -0.3 is 15.0 Å². The number of nitrogens with zero attached hydrogens (tertiary/aromatic N) is 1. The van der Waals surface area contributed by atoms with Crippen LogP contribution in [0, 0.1) is 0 Å². The van der Waals surface area contributed by atoms with Crippen molar-refractivity contribution in [2.24, 2.45) is 0 Å². The zero-order valence-electron chi connectivity index (χ0n) is 7.55. The molecule has 2 rings (SSSR count). The van der Waals surface area contributed by atoms with Crippen LogP contribution in [0.3, 0.4) is 0 Å². The van der Waals surface area contributed by atoms with Gasteiger partial charge in [-0.2, -0.15) is 0 Å². The van der Waals surface area contributed by atoms with Crippen LogP contribution >= 0.6 is 0 Å². The van der Waals surface area contributed by atoms with Crippen LogP contribution in [-0.2, 0) is 4.74 Å². The van der Waals surface area contributed by atoms with Gasteiger partial charge in [-0.15, -0.1) is 0 Å². The molecule has 0 saturated carbocycles. The van der Waals surface area contributed by atoms with Gasteiger partial charge in [-0.05, 0) is 32.9 Å². The lowest BCUT2D eigenvalue weighted by Crippen LogP contribution is -2.41. The van der Waals surface area contributed by atoms with E-state index in [4.69, 9.17) is 4.74 Å². The molecular weight excluding hydrogens is 152 g/mol. The highest BCUT2D eigenvalue weighted by Crippen LogP contribution is 2.20. The van der Waals surface area contributed by atoms with Crippen LogP contribution in [0.2, 0.25) is 0 Å². The third kappa shape index (κ3) is 1.41. The minimum Gasteiger partial charge on any atom is -0.479 e. The number of allylic oxidation sites excluding steroid dienone is 1. The van der Waals surface area contributed by atoms with Crippen LogP contribution in [-0.4, -0.2) is 30.8 Å². The molecule has 1 saturated heterocycles. The van der Waals surface area contributed by atoms with Crippen molar-refractivity contribution in [2.45, 2.75) is 25.8 Å². The number of rotatable bonds is 1. The molecule has 68 valence electrons. The standard InChI is InChI=1S/C9H16N2O/c1-8-6-12-7-11(8)9-2-4-10-5-3-9/h6,9-10H,2-5,7H2,1H3. The summed E-state index contributed by atoms with van der Waals surface area (Å²) in [5.74, 6) is 0. The lowest BCUT2D eigenvalue weighted by Gasteiger charge is -2.32. The Hall–Kier alpha value is -0.700. The first-order chi connectivity index (χ1) is 5.88. The second-order valence-electron chi connectivity index (χ2n) is 3.51. The summed E-state index contributed by atoms with van der Waals surface area (Å²) in [4.78, 5) is 2.36. The highest BCUT2D eigenvalue weighted by atomic mass is 16.5. The molecule has 0 aromatic rings.